The standard InChI is InChI=1S/C35H37N3O6/c1-38(22-23-12-17-29(41-2)31(20-23)43-4)18-7-19-44-26-15-13-25(14-16-26)36-32(39)21-24-8-5-9-27-33(24)37-34-28(35(27)40)10-6-11-30(34)42-3/h5-6,8-17,20H,7,18-19,21-22H2,1-4H3,(H,36,39)(H,37,40). The molecule has 2 N–H and O–H groups in total. The van der Waals surface area contributed by atoms with Crippen LogP contribution in [0.2, 0.25) is 0 Å². The first-order chi connectivity index (χ1) is 21.4. The van der Waals surface area contributed by atoms with Crippen LogP contribution >= 0.6 is 0 Å². The van der Waals surface area contributed by atoms with Gasteiger partial charge in [0.25, 0.3) is 0 Å². The lowest BCUT2D eigenvalue weighted by Crippen LogP contribution is -2.20. The second-order valence-corrected chi connectivity index (χ2v) is 10.6. The quantitative estimate of drug-likeness (QED) is 0.131. The maximum absolute atomic E-state index is 13.2. The first-order valence-corrected chi connectivity index (χ1v) is 14.4. The van der Waals surface area contributed by atoms with Crippen molar-refractivity contribution in [3.63, 3.8) is 0 Å². The molecule has 0 atom stereocenters. The van der Waals surface area contributed by atoms with Gasteiger partial charge in [0.15, 0.2) is 16.9 Å². The van der Waals surface area contributed by atoms with Gasteiger partial charge in [0.2, 0.25) is 5.91 Å². The fourth-order valence-electron chi connectivity index (χ4n) is 5.28. The number of anilines is 1. The highest BCUT2D eigenvalue weighted by Gasteiger charge is 2.14. The highest BCUT2D eigenvalue weighted by molar-refractivity contribution is 5.99. The summed E-state index contributed by atoms with van der Waals surface area (Å²) in [5.74, 6) is 2.56. The highest BCUT2D eigenvalue weighted by Crippen LogP contribution is 2.28. The molecule has 5 rings (SSSR count). The number of nitrogens with zero attached hydrogens (tertiary/aromatic N) is 1. The van der Waals surface area contributed by atoms with Crippen LogP contribution < -0.4 is 29.7 Å². The van der Waals surface area contributed by atoms with Crippen molar-refractivity contribution < 1.29 is 23.7 Å². The lowest BCUT2D eigenvalue weighted by atomic mass is 10.0. The van der Waals surface area contributed by atoms with E-state index in [1.807, 2.05) is 48.5 Å². The van der Waals surface area contributed by atoms with Crippen molar-refractivity contribution in [2.45, 2.75) is 19.4 Å². The van der Waals surface area contributed by atoms with Crippen LogP contribution in [0, 0.1) is 0 Å². The van der Waals surface area contributed by atoms with Crippen molar-refractivity contribution in [3.8, 4) is 23.0 Å². The number of hydrogen-bond donors (Lipinski definition) is 2. The zero-order valence-corrected chi connectivity index (χ0v) is 25.4. The molecule has 0 aliphatic heterocycles. The van der Waals surface area contributed by atoms with Crippen molar-refractivity contribution in [1.29, 1.82) is 0 Å². The van der Waals surface area contributed by atoms with E-state index in [4.69, 9.17) is 18.9 Å². The number of pyridine rings is 1. The summed E-state index contributed by atoms with van der Waals surface area (Å²) in [6, 6.07) is 24.0. The second kappa shape index (κ2) is 14.0. The maximum Gasteiger partial charge on any atom is 0.228 e. The van der Waals surface area contributed by atoms with E-state index in [0.29, 0.717) is 39.8 Å². The van der Waals surface area contributed by atoms with E-state index in [-0.39, 0.29) is 17.8 Å². The van der Waals surface area contributed by atoms with Crippen LogP contribution in [0.1, 0.15) is 17.5 Å². The third-order valence-corrected chi connectivity index (χ3v) is 7.48. The van der Waals surface area contributed by atoms with E-state index in [0.717, 1.165) is 47.9 Å². The second-order valence-electron chi connectivity index (χ2n) is 10.6. The number of para-hydroxylation sites is 2. The van der Waals surface area contributed by atoms with Gasteiger partial charge < -0.3 is 34.1 Å². The molecule has 1 amide bonds. The Labute approximate surface area is 256 Å². The Morgan fingerprint density at radius 1 is 0.818 bits per heavy atom. The number of aromatic amines is 1. The van der Waals surface area contributed by atoms with Gasteiger partial charge in [-0.2, -0.15) is 0 Å². The average Bonchev–Trinajstić information content (AvgIpc) is 3.04. The molecule has 0 radical (unpaired) electrons. The molecule has 9 heteroatoms. The minimum absolute atomic E-state index is 0.100. The number of fused-ring (bicyclic) bond motifs is 2. The monoisotopic (exact) mass is 595 g/mol. The maximum atomic E-state index is 13.2. The number of ether oxygens (including phenoxy) is 4. The molecule has 0 spiro atoms. The minimum atomic E-state index is -0.190. The predicted octanol–water partition coefficient (Wildman–Crippen LogP) is 5.79. The molecular weight excluding hydrogens is 558 g/mol. The number of methoxy groups -OCH3 is 3. The molecule has 1 aromatic heterocycles. The van der Waals surface area contributed by atoms with E-state index >= 15 is 0 Å². The minimum Gasteiger partial charge on any atom is -0.495 e. The highest BCUT2D eigenvalue weighted by atomic mass is 16.5. The Bertz CT molecular complexity index is 1820. The number of aromatic nitrogens is 1. The van der Waals surface area contributed by atoms with Gasteiger partial charge in [0.05, 0.1) is 45.4 Å². The number of carbonyl (C=O) groups is 1. The van der Waals surface area contributed by atoms with Gasteiger partial charge in [0, 0.05) is 29.5 Å². The summed E-state index contributed by atoms with van der Waals surface area (Å²) in [5, 5.41) is 4.02. The Morgan fingerprint density at radius 2 is 1.52 bits per heavy atom. The number of nitrogens with one attached hydrogen (secondary N) is 2. The van der Waals surface area contributed by atoms with E-state index in [2.05, 4.69) is 22.2 Å². The lowest BCUT2D eigenvalue weighted by Gasteiger charge is -2.18. The largest absolute Gasteiger partial charge is 0.495 e. The molecule has 228 valence electrons. The van der Waals surface area contributed by atoms with Crippen LogP contribution in [0.5, 0.6) is 23.0 Å². The summed E-state index contributed by atoms with van der Waals surface area (Å²) >= 11 is 0. The molecule has 5 aromatic rings. The SMILES string of the molecule is COc1ccc(CN(C)CCCOc2ccc(NC(=O)Cc3cccc4c(=O)c5cccc(OC)c5[nH]c34)cc2)cc1OC. The van der Waals surface area contributed by atoms with Crippen molar-refractivity contribution in [3.05, 3.63) is 100 Å². The van der Waals surface area contributed by atoms with E-state index in [9.17, 15) is 9.59 Å². The molecule has 4 aromatic carbocycles. The molecule has 0 fully saturated rings. The first-order valence-electron chi connectivity index (χ1n) is 14.4. The molecule has 1 heterocycles. The van der Waals surface area contributed by atoms with Crippen LogP contribution in [0.3, 0.4) is 0 Å². The molecule has 0 saturated carbocycles. The molecule has 0 bridgehead atoms. The molecule has 9 nitrogen and oxygen atoms in total. The topological polar surface area (TPSA) is 102 Å². The number of rotatable bonds is 13. The van der Waals surface area contributed by atoms with Crippen molar-refractivity contribution in [1.82, 2.24) is 9.88 Å². The Hall–Kier alpha value is -5.02. The van der Waals surface area contributed by atoms with Gasteiger partial charge in [-0.1, -0.05) is 24.3 Å². The van der Waals surface area contributed by atoms with Crippen LogP contribution in [0.4, 0.5) is 5.69 Å². The summed E-state index contributed by atoms with van der Waals surface area (Å²) in [5.41, 5.74) is 3.67. The molecule has 0 aliphatic rings. The number of carbonyl (C=O) groups excluding carboxylic acids is 1. The van der Waals surface area contributed by atoms with Crippen molar-refractivity contribution in [2.75, 3.05) is 46.8 Å². The molecule has 0 saturated heterocycles. The van der Waals surface area contributed by atoms with Gasteiger partial charge in [-0.3, -0.25) is 9.59 Å². The third-order valence-electron chi connectivity index (χ3n) is 7.48. The Balaban J connectivity index is 1.13. The third kappa shape index (κ3) is 6.95. The van der Waals surface area contributed by atoms with Crippen LogP contribution in [0.15, 0.2) is 83.7 Å². The van der Waals surface area contributed by atoms with Gasteiger partial charge in [0.1, 0.15) is 11.5 Å². The van der Waals surface area contributed by atoms with E-state index in [1.165, 1.54) is 0 Å². The summed E-state index contributed by atoms with van der Waals surface area (Å²) < 4.78 is 22.1. The number of hydrogen-bond acceptors (Lipinski definition) is 7. The van der Waals surface area contributed by atoms with E-state index in [1.54, 1.807) is 51.7 Å². The van der Waals surface area contributed by atoms with Gasteiger partial charge in [-0.05, 0) is 79.2 Å². The van der Waals surface area contributed by atoms with E-state index < -0.39 is 0 Å². The summed E-state index contributed by atoms with van der Waals surface area (Å²) in [4.78, 5) is 31.7. The van der Waals surface area contributed by atoms with Crippen LogP contribution in [0.25, 0.3) is 21.8 Å². The predicted molar refractivity (Wildman–Crippen MR) is 173 cm³/mol. The lowest BCUT2D eigenvalue weighted by molar-refractivity contribution is -0.115. The van der Waals surface area contributed by atoms with Gasteiger partial charge in [-0.25, -0.2) is 0 Å². The zero-order valence-electron chi connectivity index (χ0n) is 25.4. The Kier molecular flexibility index (Phi) is 9.66. The summed E-state index contributed by atoms with van der Waals surface area (Å²) in [6.45, 7) is 2.22. The van der Waals surface area contributed by atoms with Gasteiger partial charge >= 0.3 is 0 Å². The number of amides is 1. The summed E-state index contributed by atoms with van der Waals surface area (Å²) in [6.07, 6.45) is 0.958. The van der Waals surface area contributed by atoms with Crippen LogP contribution in [-0.2, 0) is 17.8 Å². The average molecular weight is 596 g/mol. The normalized spacial score (nSPS) is 11.1. The van der Waals surface area contributed by atoms with Gasteiger partial charge in [-0.15, -0.1) is 0 Å². The number of H-pyrrole nitrogens is 1. The molecular formula is C35H37N3O6. The smallest absolute Gasteiger partial charge is 0.228 e. The fraction of sp³-hybridized carbons (Fsp3) is 0.257. The first kappa shape index (κ1) is 30.4. The zero-order chi connectivity index (χ0) is 31.1. The molecule has 44 heavy (non-hydrogen) atoms. The Morgan fingerprint density at radius 3 is 2.25 bits per heavy atom. The van der Waals surface area contributed by atoms with Crippen LogP contribution in [-0.4, -0.2) is 57.3 Å². The van der Waals surface area contributed by atoms with Crippen molar-refractivity contribution in [2.24, 2.45) is 0 Å². The summed E-state index contributed by atoms with van der Waals surface area (Å²) in [7, 11) is 6.90. The van der Waals surface area contributed by atoms with Crippen molar-refractivity contribution >= 4 is 33.4 Å². The fourth-order valence-corrected chi connectivity index (χ4v) is 5.28. The number of benzene rings is 4. The molecule has 0 aliphatic carbocycles. The molecule has 0 unspecified atom stereocenters.